The second kappa shape index (κ2) is 19.6. The third-order valence-corrected chi connectivity index (χ3v) is 8.90. The van der Waals surface area contributed by atoms with Crippen molar-refractivity contribution in [2.75, 3.05) is 39.6 Å². The van der Waals surface area contributed by atoms with Gasteiger partial charge in [0.2, 0.25) is 0 Å². The Kier molecular flexibility index (Phi) is 13.0. The van der Waals surface area contributed by atoms with Crippen LogP contribution < -0.4 is 37.9 Å². The molecule has 6 aromatic rings. The molecule has 2 aliphatic heterocycles. The van der Waals surface area contributed by atoms with Crippen molar-refractivity contribution in [1.82, 2.24) is 20.4 Å². The number of nitrogens with zero attached hydrogens (tertiary/aromatic N) is 2. The molecule has 2 aromatic heterocycles. The number of H-pyrrole nitrogens is 2. The van der Waals surface area contributed by atoms with Gasteiger partial charge in [0, 0.05) is 12.1 Å². The number of ether oxygens (including phenoxy) is 10. The number of esters is 4. The van der Waals surface area contributed by atoms with Crippen LogP contribution in [-0.2, 0) is 9.47 Å². The van der Waals surface area contributed by atoms with Crippen molar-refractivity contribution in [1.29, 1.82) is 0 Å². The fraction of sp³-hybridized carbons (Fsp3) is 0.227. The largest absolute Gasteiger partial charge is 0.494 e. The van der Waals surface area contributed by atoms with Crippen molar-refractivity contribution < 1.29 is 66.5 Å². The van der Waals surface area contributed by atoms with Crippen molar-refractivity contribution >= 4 is 23.9 Å². The molecule has 8 rings (SSSR count). The first-order chi connectivity index (χ1) is 30.3. The molecule has 2 N–H and O–H groups in total. The average molecular weight is 847 g/mol. The predicted molar refractivity (Wildman–Crippen MR) is 213 cm³/mol. The number of epoxide rings is 2. The molecule has 0 amide bonds. The molecule has 0 spiro atoms. The normalized spacial score (nSPS) is 14.8. The molecule has 2 saturated heterocycles. The molecule has 0 radical (unpaired) electrons. The van der Waals surface area contributed by atoms with E-state index in [-0.39, 0.29) is 58.0 Å². The van der Waals surface area contributed by atoms with Crippen LogP contribution in [0.2, 0.25) is 0 Å². The summed E-state index contributed by atoms with van der Waals surface area (Å²) in [6.07, 6.45) is 1.65. The number of carbonyl (C=O) groups is 4. The van der Waals surface area contributed by atoms with Crippen molar-refractivity contribution in [2.24, 2.45) is 0 Å². The maximum Gasteiger partial charge on any atom is 0.364 e. The first kappa shape index (κ1) is 41.1. The Bertz CT molecular complexity index is 2290. The summed E-state index contributed by atoms with van der Waals surface area (Å²) in [4.78, 5) is 50.5. The highest BCUT2D eigenvalue weighted by Gasteiger charge is 2.24. The lowest BCUT2D eigenvalue weighted by molar-refractivity contribution is 0.0716. The number of aromatic amines is 2. The van der Waals surface area contributed by atoms with E-state index in [1.165, 1.54) is 12.1 Å². The van der Waals surface area contributed by atoms with Gasteiger partial charge in [-0.2, -0.15) is 10.2 Å². The van der Waals surface area contributed by atoms with Crippen LogP contribution in [0.5, 0.6) is 46.0 Å². The monoisotopic (exact) mass is 846 g/mol. The van der Waals surface area contributed by atoms with Crippen molar-refractivity contribution in [3.63, 3.8) is 0 Å². The molecule has 2 aliphatic rings. The molecule has 4 aromatic carbocycles. The second-order valence-electron chi connectivity index (χ2n) is 13.7. The van der Waals surface area contributed by atoms with Crippen LogP contribution in [0.3, 0.4) is 0 Å². The van der Waals surface area contributed by atoms with Gasteiger partial charge in [0.1, 0.15) is 82.8 Å². The summed E-state index contributed by atoms with van der Waals surface area (Å²) in [7, 11) is 0. The molecular weight excluding hydrogens is 808 g/mol. The fourth-order valence-corrected chi connectivity index (χ4v) is 5.41. The Hall–Kier alpha value is -7.70. The molecule has 0 aliphatic carbocycles. The van der Waals surface area contributed by atoms with E-state index in [0.717, 1.165) is 0 Å². The highest BCUT2D eigenvalue weighted by atomic mass is 16.6. The molecule has 318 valence electrons. The molecule has 2 fully saturated rings. The standard InChI is InChI=1S/C44H38N4O14/c49-41(37-21-39(47-45-37)43(51)61-33-15-7-29(8-16-33)55-23-35-25-57-35)59-31-11-3-27(4-12-31)53-19-1-2-20-54-28-5-13-32(14-6-28)60-42(50)38-22-40(48-46-38)44(52)62-34-17-9-30(10-18-34)56-24-36-26-58-36/h3-18,21-22,35-36H,1-2,19-20,23-26H2,(H,45,47)(H,46,48). The number of carbonyl (C=O) groups excluding carboxylic acids is 4. The van der Waals surface area contributed by atoms with Crippen molar-refractivity contribution in [3.8, 4) is 46.0 Å². The summed E-state index contributed by atoms with van der Waals surface area (Å²) < 4.78 is 54.5. The zero-order valence-electron chi connectivity index (χ0n) is 32.8. The maximum atomic E-state index is 12.7. The number of rotatable bonds is 21. The minimum atomic E-state index is -0.751. The highest BCUT2D eigenvalue weighted by molar-refractivity contribution is 5.95. The lowest BCUT2D eigenvalue weighted by atomic mass is 10.3. The number of hydrogen-bond acceptors (Lipinski definition) is 16. The quantitative estimate of drug-likeness (QED) is 0.0378. The summed E-state index contributed by atoms with van der Waals surface area (Å²) in [5, 5.41) is 12.8. The SMILES string of the molecule is O=C(Oc1ccc(OCC2CO2)cc1)c1cc(C(=O)Oc2ccc(OCCCCOc3ccc(OC(=O)c4cc(C(=O)Oc5ccc(OCC6CO6)cc5)n[nH]4)cc3)cc2)[nH]n1. The van der Waals surface area contributed by atoms with Gasteiger partial charge in [-0.3, -0.25) is 10.2 Å². The van der Waals surface area contributed by atoms with E-state index in [1.54, 1.807) is 97.1 Å². The lowest BCUT2D eigenvalue weighted by Gasteiger charge is -2.09. The van der Waals surface area contributed by atoms with E-state index in [4.69, 9.17) is 47.4 Å². The molecule has 2 atom stereocenters. The minimum Gasteiger partial charge on any atom is -0.494 e. The number of benzene rings is 4. The highest BCUT2D eigenvalue weighted by Crippen LogP contribution is 2.24. The van der Waals surface area contributed by atoms with E-state index < -0.39 is 23.9 Å². The van der Waals surface area contributed by atoms with Crippen molar-refractivity contribution in [3.05, 3.63) is 132 Å². The van der Waals surface area contributed by atoms with Gasteiger partial charge in [-0.1, -0.05) is 0 Å². The van der Waals surface area contributed by atoms with E-state index in [9.17, 15) is 19.2 Å². The van der Waals surface area contributed by atoms with E-state index in [0.29, 0.717) is 75.5 Å². The Labute approximate surface area is 352 Å². The molecule has 18 heteroatoms. The molecule has 2 unspecified atom stereocenters. The second-order valence-corrected chi connectivity index (χ2v) is 13.7. The zero-order valence-corrected chi connectivity index (χ0v) is 32.8. The predicted octanol–water partition coefficient (Wildman–Crippen LogP) is 5.80. The average Bonchev–Trinajstić information content (AvgIpc) is 4.20. The summed E-state index contributed by atoms with van der Waals surface area (Å²) in [6.45, 7) is 3.14. The Morgan fingerprint density at radius 2 is 0.742 bits per heavy atom. The topological polar surface area (TPSA) is 225 Å². The number of aromatic nitrogens is 4. The van der Waals surface area contributed by atoms with Crippen LogP contribution in [0.25, 0.3) is 0 Å². The maximum absolute atomic E-state index is 12.7. The van der Waals surface area contributed by atoms with Crippen molar-refractivity contribution in [2.45, 2.75) is 25.0 Å². The molecule has 4 heterocycles. The van der Waals surface area contributed by atoms with Gasteiger partial charge in [-0.15, -0.1) is 0 Å². The Morgan fingerprint density at radius 1 is 0.452 bits per heavy atom. The van der Waals surface area contributed by atoms with Gasteiger partial charge in [0.25, 0.3) is 0 Å². The zero-order chi connectivity index (χ0) is 42.7. The van der Waals surface area contributed by atoms with Crippen LogP contribution in [0.1, 0.15) is 54.8 Å². The van der Waals surface area contributed by atoms with Gasteiger partial charge in [0.05, 0.1) is 26.4 Å². The fourth-order valence-electron chi connectivity index (χ4n) is 5.41. The van der Waals surface area contributed by atoms with Crippen LogP contribution in [0.4, 0.5) is 0 Å². The molecule has 62 heavy (non-hydrogen) atoms. The van der Waals surface area contributed by atoms with Crippen LogP contribution in [-0.4, -0.2) is 96.1 Å². The molecular formula is C44H38N4O14. The van der Waals surface area contributed by atoms with Gasteiger partial charge in [-0.25, -0.2) is 19.2 Å². The van der Waals surface area contributed by atoms with Gasteiger partial charge < -0.3 is 47.4 Å². The molecule has 0 bridgehead atoms. The van der Waals surface area contributed by atoms with Gasteiger partial charge >= 0.3 is 23.9 Å². The van der Waals surface area contributed by atoms with Crippen LogP contribution in [0, 0.1) is 0 Å². The summed E-state index contributed by atoms with van der Waals surface area (Å²) in [5.74, 6) is 0.534. The first-order valence-corrected chi connectivity index (χ1v) is 19.4. The number of unbranched alkanes of at least 4 members (excludes halogenated alkanes) is 1. The summed E-state index contributed by atoms with van der Waals surface area (Å²) in [5.41, 5.74) is -0.248. The smallest absolute Gasteiger partial charge is 0.364 e. The van der Waals surface area contributed by atoms with Crippen LogP contribution in [0.15, 0.2) is 109 Å². The molecule has 18 nitrogen and oxygen atoms in total. The summed E-state index contributed by atoms with van der Waals surface area (Å²) in [6, 6.07) is 28.6. The van der Waals surface area contributed by atoms with Crippen LogP contribution >= 0.6 is 0 Å². The van der Waals surface area contributed by atoms with E-state index in [2.05, 4.69) is 20.4 Å². The lowest BCUT2D eigenvalue weighted by Crippen LogP contribution is -2.10. The Balaban J connectivity index is 0.690. The number of hydrogen-bond donors (Lipinski definition) is 2. The number of nitrogens with one attached hydrogen (secondary N) is 2. The minimum absolute atomic E-state index is 0.0306. The third kappa shape index (κ3) is 12.0. The van der Waals surface area contributed by atoms with E-state index >= 15 is 0 Å². The molecule has 0 saturated carbocycles. The third-order valence-electron chi connectivity index (χ3n) is 8.90. The van der Waals surface area contributed by atoms with Gasteiger partial charge in [0.15, 0.2) is 11.4 Å². The summed E-state index contributed by atoms with van der Waals surface area (Å²) >= 11 is 0. The van der Waals surface area contributed by atoms with Gasteiger partial charge in [-0.05, 0) is 110 Å². The van der Waals surface area contributed by atoms with E-state index in [1.807, 2.05) is 0 Å². The first-order valence-electron chi connectivity index (χ1n) is 19.4. The Morgan fingerprint density at radius 3 is 1.06 bits per heavy atom.